The zero-order valence-electron chi connectivity index (χ0n) is 11.4. The molecule has 0 aliphatic heterocycles. The standard InChI is InChI=1S/C12H15ClFNO4S2/c1-3-20-6-7(2)15-21(18,19)10-5-8(13)4-9(11(10)14)12(16)17/h4-5,7,15H,3,6H2,1-2H3,(H,16,17). The van der Waals surface area contributed by atoms with E-state index in [0.29, 0.717) is 5.75 Å². The molecule has 1 atom stereocenters. The van der Waals surface area contributed by atoms with Gasteiger partial charge >= 0.3 is 5.97 Å². The zero-order valence-corrected chi connectivity index (χ0v) is 13.8. The predicted octanol–water partition coefficient (Wildman–Crippen LogP) is 2.60. The second-order valence-electron chi connectivity index (χ2n) is 4.25. The molecule has 0 aliphatic carbocycles. The van der Waals surface area contributed by atoms with Crippen LogP contribution in [-0.2, 0) is 10.0 Å². The molecule has 9 heteroatoms. The van der Waals surface area contributed by atoms with Gasteiger partial charge in [-0.3, -0.25) is 0 Å². The van der Waals surface area contributed by atoms with Crippen LogP contribution in [0.3, 0.4) is 0 Å². The van der Waals surface area contributed by atoms with Gasteiger partial charge in [0.25, 0.3) is 0 Å². The van der Waals surface area contributed by atoms with E-state index in [1.807, 2.05) is 6.92 Å². The molecular weight excluding hydrogens is 341 g/mol. The number of halogens is 2. The molecule has 5 nitrogen and oxygen atoms in total. The smallest absolute Gasteiger partial charge is 0.338 e. The van der Waals surface area contributed by atoms with Crippen molar-refractivity contribution in [1.29, 1.82) is 0 Å². The Hall–Kier alpha value is -0.830. The SMILES string of the molecule is CCSCC(C)NS(=O)(=O)c1cc(Cl)cc(C(=O)O)c1F. The lowest BCUT2D eigenvalue weighted by molar-refractivity contribution is 0.0691. The average Bonchev–Trinajstić information content (AvgIpc) is 2.37. The molecule has 1 unspecified atom stereocenters. The molecule has 0 spiro atoms. The van der Waals surface area contributed by atoms with Gasteiger partial charge in [0.2, 0.25) is 10.0 Å². The van der Waals surface area contributed by atoms with Crippen LogP contribution < -0.4 is 4.72 Å². The van der Waals surface area contributed by atoms with Crippen molar-refractivity contribution in [2.45, 2.75) is 24.8 Å². The summed E-state index contributed by atoms with van der Waals surface area (Å²) in [4.78, 5) is 10.1. The molecular formula is C12H15ClFNO4S2. The van der Waals surface area contributed by atoms with E-state index in [4.69, 9.17) is 16.7 Å². The fraction of sp³-hybridized carbons (Fsp3) is 0.417. The first-order valence-electron chi connectivity index (χ1n) is 6.01. The molecule has 0 bridgehead atoms. The quantitative estimate of drug-likeness (QED) is 0.785. The Kier molecular flexibility index (Phi) is 6.45. The maximum atomic E-state index is 14.0. The van der Waals surface area contributed by atoms with Gasteiger partial charge in [-0.05, 0) is 24.8 Å². The normalized spacial score (nSPS) is 13.1. The number of carbonyl (C=O) groups is 1. The zero-order chi connectivity index (χ0) is 16.2. The molecule has 1 aromatic rings. The summed E-state index contributed by atoms with van der Waals surface area (Å²) < 4.78 is 40.6. The lowest BCUT2D eigenvalue weighted by atomic mass is 10.2. The molecule has 118 valence electrons. The maximum absolute atomic E-state index is 14.0. The van der Waals surface area contributed by atoms with Crippen molar-refractivity contribution in [3.05, 3.63) is 28.5 Å². The van der Waals surface area contributed by atoms with E-state index in [-0.39, 0.29) is 5.02 Å². The van der Waals surface area contributed by atoms with Crippen LogP contribution in [0.4, 0.5) is 4.39 Å². The molecule has 0 fully saturated rings. The minimum atomic E-state index is -4.19. The molecule has 0 aromatic heterocycles. The summed E-state index contributed by atoms with van der Waals surface area (Å²) in [5, 5.41) is 8.70. The first kappa shape index (κ1) is 18.2. The van der Waals surface area contributed by atoms with Gasteiger partial charge in [0.1, 0.15) is 4.90 Å². The minimum absolute atomic E-state index is 0.162. The summed E-state index contributed by atoms with van der Waals surface area (Å²) in [5.74, 6) is -1.57. The summed E-state index contributed by atoms with van der Waals surface area (Å²) in [6, 6.07) is 1.34. The summed E-state index contributed by atoms with van der Waals surface area (Å²) >= 11 is 7.19. The van der Waals surface area contributed by atoms with Crippen molar-refractivity contribution in [3.8, 4) is 0 Å². The minimum Gasteiger partial charge on any atom is -0.478 e. The van der Waals surface area contributed by atoms with E-state index in [2.05, 4.69) is 4.72 Å². The maximum Gasteiger partial charge on any atom is 0.338 e. The molecule has 0 saturated heterocycles. The molecule has 2 N–H and O–H groups in total. The molecule has 0 aliphatic rings. The average molecular weight is 356 g/mol. The number of carboxylic acids is 1. The molecule has 1 rings (SSSR count). The number of thioether (sulfide) groups is 1. The third kappa shape index (κ3) is 4.84. The lowest BCUT2D eigenvalue weighted by Gasteiger charge is -2.15. The van der Waals surface area contributed by atoms with E-state index in [9.17, 15) is 17.6 Å². The van der Waals surface area contributed by atoms with E-state index in [1.54, 1.807) is 6.92 Å². The summed E-state index contributed by atoms with van der Waals surface area (Å²) in [6.07, 6.45) is 0. The van der Waals surface area contributed by atoms with Crippen molar-refractivity contribution >= 4 is 39.4 Å². The molecule has 1 aromatic carbocycles. The van der Waals surface area contributed by atoms with Gasteiger partial charge in [-0.15, -0.1) is 0 Å². The predicted molar refractivity (Wildman–Crippen MR) is 81.2 cm³/mol. The van der Waals surface area contributed by atoms with Crippen molar-refractivity contribution < 1.29 is 22.7 Å². The molecule has 0 amide bonds. The summed E-state index contributed by atoms with van der Waals surface area (Å²) in [7, 11) is -4.19. The molecule has 0 heterocycles. The largest absolute Gasteiger partial charge is 0.478 e. The number of benzene rings is 1. The van der Waals surface area contributed by atoms with Crippen molar-refractivity contribution in [2.24, 2.45) is 0 Å². The van der Waals surface area contributed by atoms with Crippen molar-refractivity contribution in [3.63, 3.8) is 0 Å². The number of nitrogens with one attached hydrogen (secondary N) is 1. The fourth-order valence-electron chi connectivity index (χ4n) is 1.57. The van der Waals surface area contributed by atoms with E-state index >= 15 is 0 Å². The highest BCUT2D eigenvalue weighted by molar-refractivity contribution is 7.99. The van der Waals surface area contributed by atoms with Crippen LogP contribution in [0.2, 0.25) is 5.02 Å². The van der Waals surface area contributed by atoms with Crippen LogP contribution in [0.25, 0.3) is 0 Å². The Morgan fingerprint density at radius 2 is 2.14 bits per heavy atom. The molecule has 0 saturated carbocycles. The highest BCUT2D eigenvalue weighted by atomic mass is 35.5. The van der Waals surface area contributed by atoms with Gasteiger partial charge in [0, 0.05) is 16.8 Å². The van der Waals surface area contributed by atoms with E-state index in [0.717, 1.165) is 17.9 Å². The molecule has 21 heavy (non-hydrogen) atoms. The molecule has 0 radical (unpaired) electrons. The van der Waals surface area contributed by atoms with Crippen LogP contribution in [0.1, 0.15) is 24.2 Å². The third-order valence-corrected chi connectivity index (χ3v) is 5.40. The van der Waals surface area contributed by atoms with Gasteiger partial charge in [-0.1, -0.05) is 18.5 Å². The topological polar surface area (TPSA) is 83.5 Å². The number of hydrogen-bond acceptors (Lipinski definition) is 4. The van der Waals surface area contributed by atoms with Crippen molar-refractivity contribution in [2.75, 3.05) is 11.5 Å². The van der Waals surface area contributed by atoms with Crippen LogP contribution in [0, 0.1) is 5.82 Å². The van der Waals surface area contributed by atoms with Crippen molar-refractivity contribution in [1.82, 2.24) is 4.72 Å². The number of carboxylic acid groups (broad SMARTS) is 1. The Morgan fingerprint density at radius 3 is 2.67 bits per heavy atom. The Labute approximate surface area is 131 Å². The number of sulfonamides is 1. The second-order valence-corrected chi connectivity index (χ2v) is 7.69. The highest BCUT2D eigenvalue weighted by Gasteiger charge is 2.26. The Morgan fingerprint density at radius 1 is 1.52 bits per heavy atom. The van der Waals surface area contributed by atoms with Crippen LogP contribution in [0.5, 0.6) is 0 Å². The summed E-state index contributed by atoms with van der Waals surface area (Å²) in [5.41, 5.74) is -0.779. The van der Waals surface area contributed by atoms with Crippen LogP contribution >= 0.6 is 23.4 Å². The Balaban J connectivity index is 3.17. The lowest BCUT2D eigenvalue weighted by Crippen LogP contribution is -2.35. The number of rotatable bonds is 7. The van der Waals surface area contributed by atoms with E-state index < -0.39 is 38.3 Å². The van der Waals surface area contributed by atoms with Gasteiger partial charge < -0.3 is 5.11 Å². The monoisotopic (exact) mass is 355 g/mol. The van der Waals surface area contributed by atoms with Gasteiger partial charge in [0.05, 0.1) is 5.56 Å². The Bertz CT molecular complexity index is 636. The first-order chi connectivity index (χ1) is 9.69. The number of hydrogen-bond donors (Lipinski definition) is 2. The summed E-state index contributed by atoms with van der Waals surface area (Å²) in [6.45, 7) is 3.57. The van der Waals surface area contributed by atoms with Gasteiger partial charge in [-0.2, -0.15) is 11.8 Å². The van der Waals surface area contributed by atoms with Crippen LogP contribution in [-0.4, -0.2) is 37.0 Å². The van der Waals surface area contributed by atoms with Gasteiger partial charge in [-0.25, -0.2) is 22.3 Å². The highest BCUT2D eigenvalue weighted by Crippen LogP contribution is 2.24. The van der Waals surface area contributed by atoms with Crippen LogP contribution in [0.15, 0.2) is 17.0 Å². The first-order valence-corrected chi connectivity index (χ1v) is 9.03. The number of aromatic carboxylic acids is 1. The van der Waals surface area contributed by atoms with E-state index in [1.165, 1.54) is 11.8 Å². The second kappa shape index (κ2) is 7.44. The fourth-order valence-corrected chi connectivity index (χ4v) is 4.00. The van der Waals surface area contributed by atoms with Gasteiger partial charge in [0.15, 0.2) is 5.82 Å². The third-order valence-electron chi connectivity index (χ3n) is 2.45.